The van der Waals surface area contributed by atoms with Crippen LogP contribution in [0.15, 0.2) is 24.3 Å². The highest BCUT2D eigenvalue weighted by Gasteiger charge is 2.69. The highest BCUT2D eigenvalue weighted by molar-refractivity contribution is 5.70. The van der Waals surface area contributed by atoms with Gasteiger partial charge in [-0.25, -0.2) is 0 Å². The van der Waals surface area contributed by atoms with Gasteiger partial charge in [0.15, 0.2) is 11.6 Å². The van der Waals surface area contributed by atoms with E-state index in [1.807, 2.05) is 0 Å². The minimum atomic E-state index is -1.03. The molecule has 15 aliphatic heterocycles. The molecule has 15 saturated heterocycles. The van der Waals surface area contributed by atoms with E-state index in [9.17, 15) is 20.1 Å². The third-order valence-electron chi connectivity index (χ3n) is 21.1. The van der Waals surface area contributed by atoms with Crippen LogP contribution in [-0.4, -0.2) is 192 Å². The van der Waals surface area contributed by atoms with Crippen LogP contribution >= 0.6 is 0 Å². The SMILES string of the molecule is C=C1C2C[C@@H]3O[C@H]4C[C@H]5O[C@]6(C[C@H](O)[C@H]([C@@H](C)CC7C[C@H](C)[C@@H]8O[C@H](CO)[C@H](O)CC8O7)O6)C[C@H]5O[C@H]4[C@H](C)[C@H]3OC(=O)C[C@H]3CC[C@@H]4OC5C6O[C@@H]7C[C@](CC[C@H]8CC(=C)[C@H](CC[C@@H](C[C@H]1C)O2)O8)(O[C@H]6[C@H]4O3)O[C@@H]57. The molecule has 18 heteroatoms. The molecule has 424 valence electrons. The molecule has 15 fully saturated rings. The molecule has 0 saturated carbocycles. The standard InChI is InChI=1S/C58H84O18/c1-25-13-31-7-9-37-26(2)14-33(63-37)11-12-57-23-45-53(75-57)54-55(70-45)56(76-57)52-38(68-54)10-8-32(66-52)17-47(62)72-51-30(6)50-43(67-42(51)19-39(64-31)29(25)5)20-40-44(69-50)22-58(73-40)21-36(61)48(74-58)27(3)15-34-16-28(4)49-41(65-34)18-35(60)46(24-59)71-49/h25,27-28,30-46,48-56,59-61H,2,5,7-24H2,1,3-4,6H3/t25-,27+,28+,30+,31+,32-,33+,34?,35-,36+,37+,38+,39?,40-,41?,42+,43+,44-,45-,46-,48+,49+,50+,51-,52+,53-,54?,55?,56+,57+,58+/m1/s1. The van der Waals surface area contributed by atoms with E-state index in [2.05, 4.69) is 40.9 Å². The van der Waals surface area contributed by atoms with Crippen molar-refractivity contribution in [1.82, 2.24) is 0 Å². The zero-order valence-corrected chi connectivity index (χ0v) is 44.9. The summed E-state index contributed by atoms with van der Waals surface area (Å²) in [5.74, 6) is -2.12. The van der Waals surface area contributed by atoms with Gasteiger partial charge >= 0.3 is 5.97 Å². The van der Waals surface area contributed by atoms with Crippen molar-refractivity contribution in [2.75, 3.05) is 6.61 Å². The highest BCUT2D eigenvalue weighted by Crippen LogP contribution is 2.56. The summed E-state index contributed by atoms with van der Waals surface area (Å²) in [5, 5.41) is 32.0. The van der Waals surface area contributed by atoms with Crippen molar-refractivity contribution >= 4 is 5.97 Å². The highest BCUT2D eigenvalue weighted by atomic mass is 16.8. The smallest absolute Gasteiger partial charge is 0.308 e. The van der Waals surface area contributed by atoms with Crippen LogP contribution in [0.5, 0.6) is 0 Å². The maximum atomic E-state index is 14.5. The molecule has 15 aliphatic rings. The molecule has 15 heterocycles. The molecule has 0 aromatic heterocycles. The fraction of sp³-hybridized carbons (Fsp3) is 0.914. The van der Waals surface area contributed by atoms with E-state index in [-0.39, 0.29) is 134 Å². The van der Waals surface area contributed by atoms with E-state index in [4.69, 9.17) is 66.3 Å². The summed E-state index contributed by atoms with van der Waals surface area (Å²) in [6.45, 7) is 17.4. The van der Waals surface area contributed by atoms with Crippen molar-refractivity contribution in [3.63, 3.8) is 0 Å². The van der Waals surface area contributed by atoms with Crippen LogP contribution in [0.25, 0.3) is 0 Å². The number of hydrogen-bond acceptors (Lipinski definition) is 18. The predicted molar refractivity (Wildman–Crippen MR) is 265 cm³/mol. The Morgan fingerprint density at radius 1 is 0.566 bits per heavy atom. The molecule has 12 bridgehead atoms. The maximum absolute atomic E-state index is 14.5. The van der Waals surface area contributed by atoms with Crippen LogP contribution in [0.1, 0.15) is 137 Å². The Balaban J connectivity index is 0.681. The number of esters is 1. The first kappa shape index (κ1) is 52.4. The predicted octanol–water partition coefficient (Wildman–Crippen LogP) is 4.81. The van der Waals surface area contributed by atoms with Gasteiger partial charge in [-0.3, -0.25) is 4.79 Å². The van der Waals surface area contributed by atoms with Gasteiger partial charge in [0.2, 0.25) is 0 Å². The average Bonchev–Trinajstić information content (AvgIpc) is 4.36. The number of hydrogen-bond donors (Lipinski definition) is 3. The molecular formula is C58H84O18. The lowest BCUT2D eigenvalue weighted by molar-refractivity contribution is -0.293. The van der Waals surface area contributed by atoms with Gasteiger partial charge in [0.1, 0.15) is 42.7 Å². The van der Waals surface area contributed by atoms with Crippen LogP contribution in [-0.2, 0) is 71.1 Å². The number of carbonyl (C=O) groups is 1. The molecule has 2 spiro atoms. The van der Waals surface area contributed by atoms with Gasteiger partial charge < -0.3 is 81.6 Å². The normalized spacial score (nSPS) is 57.0. The van der Waals surface area contributed by atoms with Crippen LogP contribution in [0, 0.1) is 23.7 Å². The van der Waals surface area contributed by atoms with Gasteiger partial charge in [-0.15, -0.1) is 0 Å². The first-order valence-electron chi connectivity index (χ1n) is 29.7. The zero-order chi connectivity index (χ0) is 52.1. The molecule has 0 aromatic carbocycles. The molecule has 0 amide bonds. The van der Waals surface area contributed by atoms with Crippen LogP contribution in [0.2, 0.25) is 0 Å². The Bertz CT molecular complexity index is 2200. The molecule has 18 nitrogen and oxygen atoms in total. The van der Waals surface area contributed by atoms with Gasteiger partial charge in [0.25, 0.3) is 0 Å². The summed E-state index contributed by atoms with van der Waals surface area (Å²) < 4.78 is 95.2. The Morgan fingerprint density at radius 2 is 1.30 bits per heavy atom. The minimum absolute atomic E-state index is 0.0138. The van der Waals surface area contributed by atoms with E-state index < -0.39 is 72.6 Å². The van der Waals surface area contributed by atoms with Crippen molar-refractivity contribution in [1.29, 1.82) is 0 Å². The molecular weight excluding hydrogens is 985 g/mol. The first-order chi connectivity index (χ1) is 36.6. The second-order valence-electron chi connectivity index (χ2n) is 26.4. The van der Waals surface area contributed by atoms with E-state index in [0.717, 1.165) is 56.1 Å². The molecule has 15 rings (SSSR count). The summed E-state index contributed by atoms with van der Waals surface area (Å²) >= 11 is 0. The molecule has 3 N–H and O–H groups in total. The Kier molecular flexibility index (Phi) is 13.8. The number of carbonyl (C=O) groups excluding carboxylic acids is 1. The van der Waals surface area contributed by atoms with Crippen molar-refractivity contribution < 1.29 is 86.4 Å². The summed E-state index contributed by atoms with van der Waals surface area (Å²) in [4.78, 5) is 14.5. The van der Waals surface area contributed by atoms with E-state index >= 15 is 0 Å². The second-order valence-corrected chi connectivity index (χ2v) is 26.4. The van der Waals surface area contributed by atoms with Crippen LogP contribution in [0.3, 0.4) is 0 Å². The summed E-state index contributed by atoms with van der Waals surface area (Å²) in [7, 11) is 0. The zero-order valence-electron chi connectivity index (χ0n) is 44.9. The molecule has 0 aromatic rings. The number of aliphatic hydroxyl groups excluding tert-OH is 3. The number of fused-ring (bicyclic) bond motifs is 9. The number of ether oxygens (including phenoxy) is 14. The van der Waals surface area contributed by atoms with Crippen LogP contribution < -0.4 is 0 Å². The molecule has 76 heavy (non-hydrogen) atoms. The fourth-order valence-electron chi connectivity index (χ4n) is 17.2. The summed E-state index contributed by atoms with van der Waals surface area (Å²) in [6, 6.07) is 0. The lowest BCUT2D eigenvalue weighted by Crippen LogP contribution is -2.62. The average molecular weight is 1070 g/mol. The summed E-state index contributed by atoms with van der Waals surface area (Å²) in [5.41, 5.74) is 2.14. The topological polar surface area (TPSA) is 207 Å². The van der Waals surface area contributed by atoms with E-state index in [1.165, 1.54) is 0 Å². The maximum Gasteiger partial charge on any atom is 0.308 e. The van der Waals surface area contributed by atoms with Crippen molar-refractivity contribution in [3.8, 4) is 0 Å². The Morgan fingerprint density at radius 3 is 2.16 bits per heavy atom. The molecule has 5 unspecified atom stereocenters. The minimum Gasteiger partial charge on any atom is -0.459 e. The van der Waals surface area contributed by atoms with Gasteiger partial charge in [-0.1, -0.05) is 40.9 Å². The fourth-order valence-corrected chi connectivity index (χ4v) is 17.2. The largest absolute Gasteiger partial charge is 0.459 e. The lowest BCUT2D eigenvalue weighted by Gasteiger charge is -2.50. The molecule has 31 atom stereocenters. The van der Waals surface area contributed by atoms with E-state index in [0.29, 0.717) is 57.8 Å². The summed E-state index contributed by atoms with van der Waals surface area (Å²) in [6.07, 6.45) is 2.00. The Labute approximate surface area is 446 Å². The van der Waals surface area contributed by atoms with Crippen molar-refractivity contribution in [2.45, 2.75) is 301 Å². The lowest BCUT2D eigenvalue weighted by atomic mass is 9.79. The van der Waals surface area contributed by atoms with Gasteiger partial charge in [0, 0.05) is 50.9 Å². The van der Waals surface area contributed by atoms with Crippen molar-refractivity contribution in [2.24, 2.45) is 23.7 Å². The van der Waals surface area contributed by atoms with Gasteiger partial charge in [0.05, 0.1) is 123 Å². The van der Waals surface area contributed by atoms with Gasteiger partial charge in [-0.05, 0) is 86.7 Å². The second kappa shape index (κ2) is 20.0. The quantitative estimate of drug-likeness (QED) is 0.255. The van der Waals surface area contributed by atoms with E-state index in [1.54, 1.807) is 0 Å². The number of rotatable bonds is 4. The van der Waals surface area contributed by atoms with Gasteiger partial charge in [-0.2, -0.15) is 0 Å². The molecule has 0 radical (unpaired) electrons. The third kappa shape index (κ3) is 9.26. The Hall–Kier alpha value is -1.69. The number of aliphatic hydroxyl groups is 3. The third-order valence-corrected chi connectivity index (χ3v) is 21.1. The van der Waals surface area contributed by atoms with Crippen molar-refractivity contribution in [3.05, 3.63) is 24.3 Å². The molecule has 0 aliphatic carbocycles. The first-order valence-corrected chi connectivity index (χ1v) is 29.7. The monoisotopic (exact) mass is 1070 g/mol. The van der Waals surface area contributed by atoms with Crippen LogP contribution in [0.4, 0.5) is 0 Å².